The van der Waals surface area contributed by atoms with Crippen LogP contribution >= 0.6 is 23.8 Å². The lowest BCUT2D eigenvalue weighted by Crippen LogP contribution is -2.38. The Balaban J connectivity index is 1.46. The van der Waals surface area contributed by atoms with E-state index in [-0.39, 0.29) is 11.7 Å². The first kappa shape index (κ1) is 30.5. The summed E-state index contributed by atoms with van der Waals surface area (Å²) in [7, 11) is 0. The second-order valence-electron chi connectivity index (χ2n) is 12.2. The van der Waals surface area contributed by atoms with Crippen LogP contribution in [-0.2, 0) is 6.18 Å². The van der Waals surface area contributed by atoms with E-state index in [4.69, 9.17) is 23.8 Å². The summed E-state index contributed by atoms with van der Waals surface area (Å²) in [5, 5.41) is 4.59. The lowest BCUT2D eigenvalue weighted by atomic mass is 9.91. The smallest absolute Gasteiger partial charge is 0.370 e. The molecule has 2 aromatic heterocycles. The Hall–Kier alpha value is -3.56. The van der Waals surface area contributed by atoms with Gasteiger partial charge in [0.15, 0.2) is 5.11 Å². The monoisotopic (exact) mass is 637 g/mol. The number of aromatic nitrogens is 2. The first-order valence-corrected chi connectivity index (χ1v) is 15.6. The highest BCUT2D eigenvalue weighted by Gasteiger charge is 2.43. The molecular weight excluding hydrogens is 603 g/mol. The minimum atomic E-state index is -4.50. The van der Waals surface area contributed by atoms with Crippen molar-refractivity contribution < 1.29 is 13.2 Å². The number of alkyl halides is 3. The number of aryl methyl sites for hydroxylation is 1. The number of benzene rings is 2. The van der Waals surface area contributed by atoms with Crippen molar-refractivity contribution in [3.8, 4) is 5.69 Å². The Morgan fingerprint density at radius 2 is 1.64 bits per heavy atom. The Kier molecular flexibility index (Phi) is 8.13. The van der Waals surface area contributed by atoms with Gasteiger partial charge in [0.2, 0.25) is 0 Å². The molecule has 4 aromatic rings. The van der Waals surface area contributed by atoms with E-state index in [9.17, 15) is 13.2 Å². The molecule has 230 valence electrons. The molecule has 0 saturated carbocycles. The third kappa shape index (κ3) is 5.56. The van der Waals surface area contributed by atoms with Crippen molar-refractivity contribution in [1.82, 2.24) is 14.9 Å². The topological polar surface area (TPSA) is 36.3 Å². The number of nitrogens with zero attached hydrogens (tertiary/aromatic N) is 4. The van der Waals surface area contributed by atoms with Crippen LogP contribution in [0.5, 0.6) is 0 Å². The number of rotatable bonds is 5. The van der Waals surface area contributed by atoms with Gasteiger partial charge in [-0.15, -0.1) is 0 Å². The molecule has 4 heterocycles. The molecule has 44 heavy (non-hydrogen) atoms. The van der Waals surface area contributed by atoms with E-state index in [1.165, 1.54) is 18.6 Å². The summed E-state index contributed by atoms with van der Waals surface area (Å²) in [4.78, 5) is 9.01. The van der Waals surface area contributed by atoms with Gasteiger partial charge in [-0.1, -0.05) is 43.6 Å². The van der Waals surface area contributed by atoms with E-state index in [2.05, 4.69) is 35.1 Å². The van der Waals surface area contributed by atoms with Crippen molar-refractivity contribution in [1.29, 1.82) is 0 Å². The number of piperidine rings is 1. The second kappa shape index (κ2) is 11.7. The van der Waals surface area contributed by atoms with Gasteiger partial charge in [0.25, 0.3) is 0 Å². The van der Waals surface area contributed by atoms with Crippen molar-refractivity contribution in [2.75, 3.05) is 22.9 Å². The largest absolute Gasteiger partial charge is 0.418 e. The van der Waals surface area contributed by atoms with Gasteiger partial charge in [-0.3, -0.25) is 4.98 Å². The standard InChI is InChI=1S/C34H35ClF3N5S/c1-20-15-21(2)19-41(18-20)30-13-12-24(17-27(30)35)43-32(31(40-33(43)44)28-10-7-8-14-39-28)25-16-22(3)42(23(25)4)29-11-6-5-9-26(29)34(36,37)38/h5-14,16-17,20-21,31-32H,15,18-19H2,1-4H3,(H,40,44)/t20-,21-,31-,32+/m0/s1. The number of hydrogen-bond acceptors (Lipinski definition) is 3. The fraction of sp³-hybridized carbons (Fsp3) is 0.353. The Labute approximate surface area is 266 Å². The summed E-state index contributed by atoms with van der Waals surface area (Å²) in [6, 6.07) is 18.6. The minimum absolute atomic E-state index is 0.0908. The van der Waals surface area contributed by atoms with Crippen molar-refractivity contribution in [2.24, 2.45) is 11.8 Å². The van der Waals surface area contributed by atoms with Crippen LogP contribution in [0.15, 0.2) is 72.9 Å². The summed E-state index contributed by atoms with van der Waals surface area (Å²) in [5.74, 6) is 1.15. The van der Waals surface area contributed by atoms with Crippen molar-refractivity contribution in [3.63, 3.8) is 0 Å². The Morgan fingerprint density at radius 3 is 2.30 bits per heavy atom. The van der Waals surface area contributed by atoms with Crippen molar-refractivity contribution in [2.45, 2.75) is 52.4 Å². The maximum Gasteiger partial charge on any atom is 0.418 e. The van der Waals surface area contributed by atoms with Crippen LogP contribution in [0.2, 0.25) is 5.02 Å². The van der Waals surface area contributed by atoms with E-state index >= 15 is 0 Å². The lowest BCUT2D eigenvalue weighted by molar-refractivity contribution is -0.137. The normalized spacial score (nSPS) is 22.4. The average Bonchev–Trinajstić information content (AvgIpc) is 3.47. The van der Waals surface area contributed by atoms with E-state index < -0.39 is 17.8 Å². The van der Waals surface area contributed by atoms with Crippen molar-refractivity contribution >= 4 is 40.3 Å². The molecule has 0 aliphatic carbocycles. The highest BCUT2D eigenvalue weighted by Crippen LogP contribution is 2.46. The van der Waals surface area contributed by atoms with E-state index in [0.29, 0.717) is 33.4 Å². The van der Waals surface area contributed by atoms with Crippen LogP contribution in [0.4, 0.5) is 24.5 Å². The van der Waals surface area contributed by atoms with Gasteiger partial charge in [-0.2, -0.15) is 13.2 Å². The predicted octanol–water partition coefficient (Wildman–Crippen LogP) is 8.82. The van der Waals surface area contributed by atoms with Gasteiger partial charge in [0.1, 0.15) is 0 Å². The molecule has 0 spiro atoms. The molecule has 2 saturated heterocycles. The van der Waals surface area contributed by atoms with Crippen molar-refractivity contribution in [3.05, 3.63) is 106 Å². The molecule has 10 heteroatoms. The fourth-order valence-electron chi connectivity index (χ4n) is 7.08. The SMILES string of the molecule is Cc1cc([C@@H]2[C@H](c3ccccn3)NC(=S)N2c2ccc(N3C[C@@H](C)C[C@H](C)C3)c(Cl)c2)c(C)n1-c1ccccc1C(F)(F)F. The average molecular weight is 638 g/mol. The molecule has 2 aromatic carbocycles. The van der Waals surface area contributed by atoms with E-state index in [1.807, 2.05) is 55.1 Å². The molecule has 0 bridgehead atoms. The number of halogens is 4. The molecule has 0 radical (unpaired) electrons. The second-order valence-corrected chi connectivity index (χ2v) is 13.0. The lowest BCUT2D eigenvalue weighted by Gasteiger charge is -2.37. The third-order valence-corrected chi connectivity index (χ3v) is 9.37. The van der Waals surface area contributed by atoms with Crippen LogP contribution in [0, 0.1) is 25.7 Å². The summed E-state index contributed by atoms with van der Waals surface area (Å²) in [6.07, 6.45) is -1.57. The van der Waals surface area contributed by atoms with Gasteiger partial charge < -0.3 is 19.7 Å². The van der Waals surface area contributed by atoms with Gasteiger partial charge in [0, 0.05) is 36.4 Å². The Morgan fingerprint density at radius 1 is 0.932 bits per heavy atom. The molecule has 2 aliphatic rings. The molecule has 0 unspecified atom stereocenters. The molecule has 1 N–H and O–H groups in total. The quantitative estimate of drug-likeness (QED) is 0.221. The number of nitrogens with one attached hydrogen (secondary N) is 1. The fourth-order valence-corrected chi connectivity index (χ4v) is 7.72. The Bertz CT molecular complexity index is 1680. The van der Waals surface area contributed by atoms with E-state index in [0.717, 1.165) is 41.8 Å². The zero-order valence-corrected chi connectivity index (χ0v) is 26.6. The van der Waals surface area contributed by atoms with Gasteiger partial charge in [-0.05, 0) is 98.4 Å². The highest BCUT2D eigenvalue weighted by molar-refractivity contribution is 7.80. The number of thiocarbonyl (C=S) groups is 1. The maximum absolute atomic E-state index is 14.1. The van der Waals surface area contributed by atoms with Crippen LogP contribution in [-0.4, -0.2) is 27.8 Å². The molecule has 2 aliphatic heterocycles. The molecule has 2 fully saturated rings. The number of pyridine rings is 1. The summed E-state index contributed by atoms with van der Waals surface area (Å²) in [5.41, 5.74) is 4.21. The van der Waals surface area contributed by atoms with Gasteiger partial charge in [0.05, 0.1) is 39.7 Å². The molecule has 4 atom stereocenters. The van der Waals surface area contributed by atoms with Crippen LogP contribution < -0.4 is 15.1 Å². The first-order valence-electron chi connectivity index (χ1n) is 14.8. The molecule has 6 rings (SSSR count). The minimum Gasteiger partial charge on any atom is -0.370 e. The first-order chi connectivity index (χ1) is 20.9. The van der Waals surface area contributed by atoms with Gasteiger partial charge in [-0.25, -0.2) is 0 Å². The molecule has 0 amide bonds. The van der Waals surface area contributed by atoms with Gasteiger partial charge >= 0.3 is 6.18 Å². The predicted molar refractivity (Wildman–Crippen MR) is 175 cm³/mol. The zero-order valence-electron chi connectivity index (χ0n) is 25.1. The summed E-state index contributed by atoms with van der Waals surface area (Å²) in [6.45, 7) is 10.1. The maximum atomic E-state index is 14.1. The van der Waals surface area contributed by atoms with E-state index in [1.54, 1.807) is 16.8 Å². The molecule has 5 nitrogen and oxygen atoms in total. The van der Waals surface area contributed by atoms with Crippen LogP contribution in [0.25, 0.3) is 5.69 Å². The highest BCUT2D eigenvalue weighted by atomic mass is 35.5. The summed E-state index contributed by atoms with van der Waals surface area (Å²) >= 11 is 12.9. The summed E-state index contributed by atoms with van der Waals surface area (Å²) < 4.78 is 44.0. The number of para-hydroxylation sites is 1. The third-order valence-electron chi connectivity index (χ3n) is 8.76. The van der Waals surface area contributed by atoms with Crippen LogP contribution in [0.1, 0.15) is 60.6 Å². The zero-order chi connectivity index (χ0) is 31.3. The number of anilines is 2. The molecular formula is C34H35ClF3N5S. The number of hydrogen-bond donors (Lipinski definition) is 1. The van der Waals surface area contributed by atoms with Crippen LogP contribution in [0.3, 0.4) is 0 Å².